The average molecular weight is 351 g/mol. The summed E-state index contributed by atoms with van der Waals surface area (Å²) in [6.07, 6.45) is 0. The van der Waals surface area contributed by atoms with Crippen LogP contribution in [-0.4, -0.2) is 37.1 Å². The van der Waals surface area contributed by atoms with Crippen molar-refractivity contribution in [2.75, 3.05) is 27.2 Å². The maximum Gasteiger partial charge on any atom is 0.226 e. The highest BCUT2D eigenvalue weighted by molar-refractivity contribution is 5.57. The molecule has 0 amide bonds. The summed E-state index contributed by atoms with van der Waals surface area (Å²) in [7, 11) is 4.04. The molecule has 0 fully saturated rings. The second kappa shape index (κ2) is 8.65. The third-order valence-electron chi connectivity index (χ3n) is 4.12. The van der Waals surface area contributed by atoms with E-state index in [4.69, 9.17) is 14.1 Å². The van der Waals surface area contributed by atoms with E-state index in [1.807, 2.05) is 68.6 Å². The Kier molecular flexibility index (Phi) is 6.04. The Labute approximate surface area is 154 Å². The van der Waals surface area contributed by atoms with Gasteiger partial charge in [0.2, 0.25) is 5.89 Å². The van der Waals surface area contributed by atoms with Gasteiger partial charge in [-0.2, -0.15) is 0 Å². The van der Waals surface area contributed by atoms with Gasteiger partial charge in [-0.05, 0) is 51.4 Å². The number of benzene rings is 2. The van der Waals surface area contributed by atoms with Crippen molar-refractivity contribution >= 4 is 0 Å². The van der Waals surface area contributed by atoms with E-state index in [-0.39, 0.29) is 0 Å². The van der Waals surface area contributed by atoms with Crippen molar-refractivity contribution < 1.29 is 9.15 Å². The van der Waals surface area contributed by atoms with Crippen molar-refractivity contribution in [1.29, 1.82) is 0 Å². The predicted octanol–water partition coefficient (Wildman–Crippen LogP) is 4.09. The molecule has 5 nitrogen and oxygen atoms in total. The molecule has 1 N–H and O–H groups in total. The summed E-state index contributed by atoms with van der Waals surface area (Å²) < 4.78 is 11.8. The number of rotatable bonds is 8. The van der Waals surface area contributed by atoms with Gasteiger partial charge < -0.3 is 14.5 Å². The topological polar surface area (TPSA) is 50.5 Å². The van der Waals surface area contributed by atoms with Gasteiger partial charge >= 0.3 is 0 Å². The first-order valence-electron chi connectivity index (χ1n) is 8.78. The van der Waals surface area contributed by atoms with Crippen molar-refractivity contribution in [2.24, 2.45) is 0 Å². The molecule has 1 heterocycles. The van der Waals surface area contributed by atoms with Crippen LogP contribution in [0, 0.1) is 6.92 Å². The number of para-hydroxylation sites is 1. The monoisotopic (exact) mass is 351 g/mol. The first-order chi connectivity index (χ1) is 12.7. The molecular formula is C21H25N3O2. The molecule has 3 rings (SSSR count). The smallest absolute Gasteiger partial charge is 0.226 e. The summed E-state index contributed by atoms with van der Waals surface area (Å²) in [6.45, 7) is 4.62. The van der Waals surface area contributed by atoms with Crippen LogP contribution in [0.5, 0.6) is 11.5 Å². The number of nitrogens with zero attached hydrogens (tertiary/aromatic N) is 2. The molecule has 0 aliphatic carbocycles. The zero-order chi connectivity index (χ0) is 18.4. The number of oxazole rings is 1. The lowest BCUT2D eigenvalue weighted by atomic mass is 10.2. The minimum absolute atomic E-state index is 0.623. The summed E-state index contributed by atoms with van der Waals surface area (Å²) in [5.74, 6) is 3.04. The van der Waals surface area contributed by atoms with Gasteiger partial charge in [-0.3, -0.25) is 4.90 Å². The van der Waals surface area contributed by atoms with Crippen molar-refractivity contribution in [2.45, 2.75) is 13.5 Å². The second-order valence-corrected chi connectivity index (χ2v) is 6.31. The lowest BCUT2D eigenvalue weighted by molar-refractivity contribution is 0.322. The highest BCUT2D eigenvalue weighted by atomic mass is 16.5. The molecule has 2 aromatic carbocycles. The molecule has 0 bridgehead atoms. The zero-order valence-corrected chi connectivity index (χ0v) is 15.5. The molecular weight excluding hydrogens is 326 g/mol. The number of aryl methyl sites for hydroxylation is 1. The second-order valence-electron chi connectivity index (χ2n) is 6.31. The van der Waals surface area contributed by atoms with Crippen LogP contribution in [0.4, 0.5) is 0 Å². The number of nitrogens with one attached hydrogen (secondary N) is 1. The van der Waals surface area contributed by atoms with Crippen molar-refractivity contribution in [3.8, 4) is 23.0 Å². The summed E-state index contributed by atoms with van der Waals surface area (Å²) in [6, 6.07) is 17.5. The first kappa shape index (κ1) is 18.2. The summed E-state index contributed by atoms with van der Waals surface area (Å²) >= 11 is 0. The van der Waals surface area contributed by atoms with Crippen LogP contribution < -0.4 is 10.1 Å². The lowest BCUT2D eigenvalue weighted by Gasteiger charge is -2.14. The molecule has 3 aromatic rings. The molecule has 0 atom stereocenters. The van der Waals surface area contributed by atoms with Gasteiger partial charge in [0.25, 0.3) is 0 Å². The fraction of sp³-hybridized carbons (Fsp3) is 0.286. The van der Waals surface area contributed by atoms with Gasteiger partial charge in [0.1, 0.15) is 17.3 Å². The normalized spacial score (nSPS) is 11.1. The van der Waals surface area contributed by atoms with Gasteiger partial charge in [0.05, 0.1) is 5.69 Å². The molecule has 5 heteroatoms. The van der Waals surface area contributed by atoms with Crippen LogP contribution >= 0.6 is 0 Å². The standard InChI is InChI=1S/C21H25N3O2/c1-16-20(15-24(3)13-12-22-2)23-21(25-16)17-8-7-11-19(14-17)26-18-9-5-4-6-10-18/h4-11,14,22H,12-13,15H2,1-3H3. The van der Waals surface area contributed by atoms with Crippen molar-refractivity contribution in [3.05, 3.63) is 66.1 Å². The maximum atomic E-state index is 5.90. The van der Waals surface area contributed by atoms with E-state index in [1.165, 1.54) is 0 Å². The average Bonchev–Trinajstić information content (AvgIpc) is 3.01. The van der Waals surface area contributed by atoms with E-state index in [2.05, 4.69) is 17.3 Å². The number of hydrogen-bond acceptors (Lipinski definition) is 5. The van der Waals surface area contributed by atoms with Crippen LogP contribution in [0.3, 0.4) is 0 Å². The summed E-state index contributed by atoms with van der Waals surface area (Å²) in [5.41, 5.74) is 1.87. The Morgan fingerprint density at radius 2 is 1.85 bits per heavy atom. The Morgan fingerprint density at radius 1 is 1.08 bits per heavy atom. The number of likely N-dealkylation sites (N-methyl/N-ethyl adjacent to an activating group) is 2. The number of aromatic nitrogens is 1. The van der Waals surface area contributed by atoms with Crippen LogP contribution in [0.1, 0.15) is 11.5 Å². The van der Waals surface area contributed by atoms with E-state index in [0.717, 1.165) is 48.2 Å². The van der Waals surface area contributed by atoms with Gasteiger partial charge in [-0.15, -0.1) is 0 Å². The van der Waals surface area contributed by atoms with E-state index >= 15 is 0 Å². The van der Waals surface area contributed by atoms with Crippen LogP contribution in [0.25, 0.3) is 11.5 Å². The number of hydrogen-bond donors (Lipinski definition) is 1. The molecule has 0 unspecified atom stereocenters. The Morgan fingerprint density at radius 3 is 2.62 bits per heavy atom. The zero-order valence-electron chi connectivity index (χ0n) is 15.5. The van der Waals surface area contributed by atoms with Gasteiger partial charge in [-0.1, -0.05) is 24.3 Å². The largest absolute Gasteiger partial charge is 0.457 e. The van der Waals surface area contributed by atoms with Crippen molar-refractivity contribution in [3.63, 3.8) is 0 Å². The highest BCUT2D eigenvalue weighted by Gasteiger charge is 2.13. The third kappa shape index (κ3) is 4.71. The van der Waals surface area contributed by atoms with E-state index < -0.39 is 0 Å². The Balaban J connectivity index is 1.75. The fourth-order valence-corrected chi connectivity index (χ4v) is 2.65. The molecule has 0 radical (unpaired) electrons. The molecule has 0 saturated carbocycles. The minimum atomic E-state index is 0.623. The fourth-order valence-electron chi connectivity index (χ4n) is 2.65. The van der Waals surface area contributed by atoms with Crippen molar-refractivity contribution in [1.82, 2.24) is 15.2 Å². The molecule has 1 aromatic heterocycles. The minimum Gasteiger partial charge on any atom is -0.457 e. The molecule has 0 aliphatic heterocycles. The van der Waals surface area contributed by atoms with Gasteiger partial charge in [0.15, 0.2) is 0 Å². The van der Waals surface area contributed by atoms with Gasteiger partial charge in [-0.25, -0.2) is 4.98 Å². The molecule has 0 aliphatic rings. The van der Waals surface area contributed by atoms with Crippen LogP contribution in [0.15, 0.2) is 59.0 Å². The Bertz CT molecular complexity index is 830. The predicted molar refractivity (Wildman–Crippen MR) is 103 cm³/mol. The third-order valence-corrected chi connectivity index (χ3v) is 4.12. The van der Waals surface area contributed by atoms with Crippen LogP contribution in [-0.2, 0) is 6.54 Å². The molecule has 26 heavy (non-hydrogen) atoms. The quantitative estimate of drug-likeness (QED) is 0.662. The lowest BCUT2D eigenvalue weighted by Crippen LogP contribution is -2.27. The maximum absolute atomic E-state index is 5.90. The SMILES string of the molecule is CNCCN(C)Cc1nc(-c2cccc(Oc3ccccc3)c2)oc1C. The highest BCUT2D eigenvalue weighted by Crippen LogP contribution is 2.28. The summed E-state index contributed by atoms with van der Waals surface area (Å²) in [5, 5.41) is 3.16. The Hall–Kier alpha value is -2.63. The van der Waals surface area contributed by atoms with E-state index in [0.29, 0.717) is 5.89 Å². The van der Waals surface area contributed by atoms with E-state index in [9.17, 15) is 0 Å². The molecule has 0 spiro atoms. The van der Waals surface area contributed by atoms with Crippen LogP contribution in [0.2, 0.25) is 0 Å². The molecule has 0 saturated heterocycles. The van der Waals surface area contributed by atoms with Gasteiger partial charge in [0, 0.05) is 25.2 Å². The molecule has 136 valence electrons. The first-order valence-corrected chi connectivity index (χ1v) is 8.78. The number of ether oxygens (including phenoxy) is 1. The summed E-state index contributed by atoms with van der Waals surface area (Å²) in [4.78, 5) is 6.91. The van der Waals surface area contributed by atoms with E-state index in [1.54, 1.807) is 0 Å².